The molecule has 1 aromatic rings. The van der Waals surface area contributed by atoms with E-state index in [9.17, 15) is 37.1 Å². The first-order chi connectivity index (χ1) is 19.2. The van der Waals surface area contributed by atoms with Crippen molar-refractivity contribution < 1.29 is 51.3 Å². The molecule has 3 rings (SSSR count). The van der Waals surface area contributed by atoms with Crippen LogP contribution in [0.3, 0.4) is 0 Å². The van der Waals surface area contributed by atoms with Crippen molar-refractivity contribution in [2.75, 3.05) is 0 Å². The van der Waals surface area contributed by atoms with Crippen molar-refractivity contribution >= 4 is 18.0 Å². The Labute approximate surface area is 243 Å². The number of aliphatic hydroxyl groups is 1. The molecule has 12 heteroatoms. The number of alkyl carbamates (subject to hydrolysis) is 1. The smallest absolute Gasteiger partial charge is 0.407 e. The highest BCUT2D eigenvalue weighted by molar-refractivity contribution is 5.82. The highest BCUT2D eigenvalue weighted by Gasteiger charge is 2.58. The number of alkyl halides is 4. The molecule has 236 valence electrons. The second-order valence-electron chi connectivity index (χ2n) is 12.5. The minimum atomic E-state index is -2.85. The molecule has 2 N–H and O–H groups in total. The van der Waals surface area contributed by atoms with E-state index in [1.165, 1.54) is 12.2 Å². The van der Waals surface area contributed by atoms with Crippen molar-refractivity contribution in [2.24, 2.45) is 11.8 Å². The molecular formula is C30H41F4NO7. The number of carbonyl (C=O) groups is 3. The molecule has 1 aromatic carbocycles. The van der Waals surface area contributed by atoms with Gasteiger partial charge in [-0.2, -0.15) is 0 Å². The third kappa shape index (κ3) is 13.2. The first kappa shape index (κ1) is 35.0. The van der Waals surface area contributed by atoms with Crippen LogP contribution < -0.4 is 5.32 Å². The summed E-state index contributed by atoms with van der Waals surface area (Å²) in [6.45, 7) is 10.1. The molecule has 4 unspecified atom stereocenters. The largest absolute Gasteiger partial charge is 0.458 e. The molecule has 4 atom stereocenters. The first-order valence-electron chi connectivity index (χ1n) is 13.7. The molecule has 0 aliphatic heterocycles. The Hall–Kier alpha value is -3.15. The molecule has 0 heterocycles. The van der Waals surface area contributed by atoms with Crippen LogP contribution in [0.4, 0.5) is 22.4 Å². The van der Waals surface area contributed by atoms with Gasteiger partial charge in [0, 0.05) is 30.8 Å². The maximum atomic E-state index is 13.3. The molecule has 1 amide bonds. The van der Waals surface area contributed by atoms with Gasteiger partial charge >= 0.3 is 18.0 Å². The summed E-state index contributed by atoms with van der Waals surface area (Å²) in [7, 11) is 0. The lowest BCUT2D eigenvalue weighted by Crippen LogP contribution is -2.49. The zero-order chi connectivity index (χ0) is 31.9. The molecule has 0 spiro atoms. The normalized spacial score (nSPS) is 21.7. The number of aliphatic hydroxyl groups excluding tert-OH is 1. The van der Waals surface area contributed by atoms with E-state index in [-0.39, 0.29) is 32.3 Å². The van der Waals surface area contributed by atoms with Gasteiger partial charge in [0.05, 0.1) is 6.04 Å². The van der Waals surface area contributed by atoms with Crippen LogP contribution in [0.5, 0.6) is 0 Å². The van der Waals surface area contributed by atoms with Gasteiger partial charge in [0.1, 0.15) is 17.8 Å². The Balaban J connectivity index is 0.000000347. The van der Waals surface area contributed by atoms with Crippen LogP contribution in [-0.4, -0.2) is 58.3 Å². The van der Waals surface area contributed by atoms with Crippen molar-refractivity contribution in [3.05, 3.63) is 48.0 Å². The third-order valence-electron chi connectivity index (χ3n) is 6.08. The first-order valence-corrected chi connectivity index (χ1v) is 13.7. The van der Waals surface area contributed by atoms with E-state index in [4.69, 9.17) is 14.2 Å². The number of hydrogen-bond donors (Lipinski definition) is 2. The Bertz CT molecular complexity index is 1100. The molecule has 0 saturated heterocycles. The van der Waals surface area contributed by atoms with Crippen molar-refractivity contribution in [3.63, 3.8) is 0 Å². The average molecular weight is 604 g/mol. The van der Waals surface area contributed by atoms with Gasteiger partial charge in [-0.25, -0.2) is 31.9 Å². The summed E-state index contributed by atoms with van der Waals surface area (Å²) in [5.41, 5.74) is -0.657. The van der Waals surface area contributed by atoms with Crippen LogP contribution in [0.15, 0.2) is 42.5 Å². The van der Waals surface area contributed by atoms with E-state index in [0.29, 0.717) is 0 Å². The van der Waals surface area contributed by atoms with Crippen LogP contribution >= 0.6 is 0 Å². The van der Waals surface area contributed by atoms with Gasteiger partial charge in [0.2, 0.25) is 0 Å². The SMILES string of the molecule is CC(C)(C)OC(=O)C(O)C(CC1CC1(F)F)NC(=O)OCc1ccccc1.CC(C)(C)OC(=O)C=CCC1CC1(F)F. The van der Waals surface area contributed by atoms with Crippen LogP contribution in [0.1, 0.15) is 72.8 Å². The summed E-state index contributed by atoms with van der Waals surface area (Å²) in [6.07, 6.45) is -0.420. The monoisotopic (exact) mass is 603 g/mol. The number of hydrogen-bond acceptors (Lipinski definition) is 7. The highest BCUT2D eigenvalue weighted by atomic mass is 19.3. The lowest BCUT2D eigenvalue weighted by Gasteiger charge is -2.26. The van der Waals surface area contributed by atoms with Crippen LogP contribution in [0, 0.1) is 11.8 Å². The summed E-state index contributed by atoms with van der Waals surface area (Å²) in [4.78, 5) is 35.2. The Kier molecular flexibility index (Phi) is 11.6. The average Bonchev–Trinajstić information content (AvgIpc) is 3.67. The number of halogens is 4. The van der Waals surface area contributed by atoms with Crippen molar-refractivity contribution in [2.45, 2.75) is 109 Å². The fourth-order valence-corrected chi connectivity index (χ4v) is 3.73. The molecule has 2 aliphatic rings. The van der Waals surface area contributed by atoms with E-state index in [0.717, 1.165) is 5.56 Å². The molecule has 2 aliphatic carbocycles. The summed E-state index contributed by atoms with van der Waals surface area (Å²) in [6, 6.07) is 7.64. The van der Waals surface area contributed by atoms with Gasteiger partial charge in [0.25, 0.3) is 11.8 Å². The molecular weight excluding hydrogens is 562 g/mol. The molecule has 0 radical (unpaired) electrons. The number of rotatable bonds is 10. The Morgan fingerprint density at radius 2 is 1.48 bits per heavy atom. The minimum absolute atomic E-state index is 0.0263. The van der Waals surface area contributed by atoms with E-state index < -0.39 is 65.1 Å². The van der Waals surface area contributed by atoms with Gasteiger partial charge in [-0.05, 0) is 59.9 Å². The summed E-state index contributed by atoms with van der Waals surface area (Å²) < 4.78 is 66.5. The number of amides is 1. The maximum Gasteiger partial charge on any atom is 0.407 e. The van der Waals surface area contributed by atoms with Crippen molar-refractivity contribution in [1.82, 2.24) is 5.32 Å². The Morgan fingerprint density at radius 1 is 0.952 bits per heavy atom. The summed E-state index contributed by atoms with van der Waals surface area (Å²) in [5, 5.41) is 12.5. The second kappa shape index (κ2) is 13.9. The maximum absolute atomic E-state index is 13.3. The standard InChI is InChI=1S/C19H25F2NO5.C11H16F2O2/c1-18(2,3)27-16(24)15(23)14(9-13-10-19(13,20)21)22-17(25)26-11-12-7-5-4-6-8-12;1-10(2,3)15-9(14)6-4-5-8-7-11(8,12)13/h4-8,13-15,23H,9-11H2,1-3H3,(H,22,25);4,6,8H,5,7H2,1-3H3. The van der Waals surface area contributed by atoms with E-state index in [2.05, 4.69) is 5.32 Å². The zero-order valence-corrected chi connectivity index (χ0v) is 24.8. The fraction of sp³-hybridized carbons (Fsp3) is 0.633. The van der Waals surface area contributed by atoms with Gasteiger partial charge in [-0.3, -0.25) is 0 Å². The highest BCUT2D eigenvalue weighted by Crippen LogP contribution is 2.51. The second-order valence-corrected chi connectivity index (χ2v) is 12.5. The van der Waals surface area contributed by atoms with E-state index >= 15 is 0 Å². The molecule has 2 saturated carbocycles. The van der Waals surface area contributed by atoms with Crippen molar-refractivity contribution in [1.29, 1.82) is 0 Å². The number of benzene rings is 1. The number of allylic oxidation sites excluding steroid dienone is 1. The van der Waals surface area contributed by atoms with Gasteiger partial charge in [0.15, 0.2) is 6.10 Å². The number of nitrogens with one attached hydrogen (secondary N) is 1. The zero-order valence-electron chi connectivity index (χ0n) is 24.8. The van der Waals surface area contributed by atoms with Gasteiger partial charge in [-0.1, -0.05) is 36.4 Å². The summed E-state index contributed by atoms with van der Waals surface area (Å²) in [5.74, 6) is -8.42. The third-order valence-corrected chi connectivity index (χ3v) is 6.08. The fourth-order valence-electron chi connectivity index (χ4n) is 3.73. The lowest BCUT2D eigenvalue weighted by atomic mass is 10.0. The van der Waals surface area contributed by atoms with Crippen LogP contribution in [0.25, 0.3) is 0 Å². The van der Waals surface area contributed by atoms with Crippen LogP contribution in [-0.2, 0) is 30.4 Å². The molecule has 42 heavy (non-hydrogen) atoms. The number of esters is 2. The quantitative estimate of drug-likeness (QED) is 0.147. The summed E-state index contributed by atoms with van der Waals surface area (Å²) >= 11 is 0. The van der Waals surface area contributed by atoms with Gasteiger partial charge in [-0.15, -0.1) is 0 Å². The predicted octanol–water partition coefficient (Wildman–Crippen LogP) is 5.96. The lowest BCUT2D eigenvalue weighted by molar-refractivity contribution is -0.166. The predicted molar refractivity (Wildman–Crippen MR) is 146 cm³/mol. The Morgan fingerprint density at radius 3 is 1.95 bits per heavy atom. The number of carbonyl (C=O) groups excluding carboxylic acids is 3. The topological polar surface area (TPSA) is 111 Å². The molecule has 0 aromatic heterocycles. The number of ether oxygens (including phenoxy) is 3. The van der Waals surface area contributed by atoms with Crippen molar-refractivity contribution in [3.8, 4) is 0 Å². The minimum Gasteiger partial charge on any atom is -0.458 e. The molecule has 8 nitrogen and oxygen atoms in total. The van der Waals surface area contributed by atoms with E-state index in [1.54, 1.807) is 65.8 Å². The molecule has 0 bridgehead atoms. The van der Waals surface area contributed by atoms with E-state index in [1.807, 2.05) is 6.07 Å². The van der Waals surface area contributed by atoms with Gasteiger partial charge < -0.3 is 24.6 Å². The molecule has 2 fully saturated rings. The van der Waals surface area contributed by atoms with Crippen LogP contribution in [0.2, 0.25) is 0 Å².